The number of hydrogen-bond donors (Lipinski definition) is 2. The molecule has 2 N–H and O–H groups in total. The summed E-state index contributed by atoms with van der Waals surface area (Å²) in [7, 11) is 0. The van der Waals surface area contributed by atoms with Crippen molar-refractivity contribution >= 4 is 5.69 Å². The fourth-order valence-electron chi connectivity index (χ4n) is 2.77. The fourth-order valence-corrected chi connectivity index (χ4v) is 2.77. The molecule has 1 saturated heterocycles. The van der Waals surface area contributed by atoms with Gasteiger partial charge >= 0.3 is 0 Å². The molecule has 0 radical (unpaired) electrons. The number of aliphatic hydroxyl groups excluding tert-OH is 1. The number of halogens is 2. The van der Waals surface area contributed by atoms with E-state index in [2.05, 4.69) is 5.32 Å². The number of nitrogens with zero attached hydrogens (tertiary/aromatic N) is 1. The minimum atomic E-state index is -0.528. The molecule has 0 aliphatic carbocycles. The lowest BCUT2D eigenvalue weighted by Gasteiger charge is -2.20. The smallest absolute Gasteiger partial charge is 0.149 e. The van der Waals surface area contributed by atoms with Crippen LogP contribution >= 0.6 is 0 Å². The van der Waals surface area contributed by atoms with Gasteiger partial charge in [0, 0.05) is 19.1 Å². The van der Waals surface area contributed by atoms with Crippen molar-refractivity contribution in [1.82, 2.24) is 5.32 Å². The maximum absolute atomic E-state index is 13.8. The van der Waals surface area contributed by atoms with E-state index >= 15 is 0 Å². The van der Waals surface area contributed by atoms with Crippen molar-refractivity contribution in [2.75, 3.05) is 18.0 Å². The van der Waals surface area contributed by atoms with Gasteiger partial charge in [0.15, 0.2) is 0 Å². The molecule has 6 heteroatoms. The van der Waals surface area contributed by atoms with Crippen molar-refractivity contribution in [2.24, 2.45) is 0 Å². The summed E-state index contributed by atoms with van der Waals surface area (Å²) >= 11 is 0. The summed E-state index contributed by atoms with van der Waals surface area (Å²) in [6, 6.07) is 7.60. The second-order valence-electron chi connectivity index (χ2n) is 5.41. The first kappa shape index (κ1) is 15.0. The molecule has 0 bridgehead atoms. The molecule has 1 fully saturated rings. The highest BCUT2D eigenvalue weighted by Gasteiger charge is 2.26. The van der Waals surface area contributed by atoms with Gasteiger partial charge in [-0.1, -0.05) is 6.07 Å². The average Bonchev–Trinajstić information content (AvgIpc) is 3.14. The van der Waals surface area contributed by atoms with Crippen LogP contribution in [0.4, 0.5) is 14.5 Å². The molecule has 1 aromatic heterocycles. The van der Waals surface area contributed by atoms with Gasteiger partial charge in [0.25, 0.3) is 0 Å². The molecule has 1 aliphatic rings. The normalized spacial score (nSPS) is 18.1. The van der Waals surface area contributed by atoms with E-state index in [4.69, 9.17) is 9.52 Å². The second kappa shape index (κ2) is 6.46. The first-order valence-corrected chi connectivity index (χ1v) is 7.28. The molecular formula is C16H18F2N2O2. The molecule has 2 aromatic rings. The van der Waals surface area contributed by atoms with Gasteiger partial charge in [-0.05, 0) is 30.7 Å². The van der Waals surface area contributed by atoms with Gasteiger partial charge in [0.05, 0.1) is 6.54 Å². The van der Waals surface area contributed by atoms with E-state index in [0.717, 1.165) is 12.2 Å². The summed E-state index contributed by atoms with van der Waals surface area (Å²) < 4.78 is 33.0. The van der Waals surface area contributed by atoms with E-state index in [1.807, 2.05) is 6.07 Å². The lowest BCUT2D eigenvalue weighted by molar-refractivity contribution is 0.242. The third kappa shape index (κ3) is 3.13. The van der Waals surface area contributed by atoms with Crippen molar-refractivity contribution in [2.45, 2.75) is 25.6 Å². The molecule has 118 valence electrons. The summed E-state index contributed by atoms with van der Waals surface area (Å²) in [5, 5.41) is 12.3. The minimum Gasteiger partial charge on any atom is -0.462 e. The Balaban J connectivity index is 1.58. The fraction of sp³-hybridized carbons (Fsp3) is 0.375. The van der Waals surface area contributed by atoms with Crippen LogP contribution in [0.1, 0.15) is 17.9 Å². The first-order chi connectivity index (χ1) is 10.7. The lowest BCUT2D eigenvalue weighted by Crippen LogP contribution is -2.32. The van der Waals surface area contributed by atoms with Crippen LogP contribution in [0.25, 0.3) is 0 Å². The second-order valence-corrected chi connectivity index (χ2v) is 5.41. The molecule has 1 aliphatic heterocycles. The molecule has 0 unspecified atom stereocenters. The lowest BCUT2D eigenvalue weighted by atomic mass is 10.2. The number of benzene rings is 1. The van der Waals surface area contributed by atoms with E-state index in [-0.39, 0.29) is 18.3 Å². The Hall–Kier alpha value is -1.92. The average molecular weight is 308 g/mol. The monoisotopic (exact) mass is 308 g/mol. The third-order valence-corrected chi connectivity index (χ3v) is 3.88. The third-order valence-electron chi connectivity index (χ3n) is 3.88. The largest absolute Gasteiger partial charge is 0.462 e. The van der Waals surface area contributed by atoms with Gasteiger partial charge in [-0.25, -0.2) is 8.78 Å². The minimum absolute atomic E-state index is 0.0485. The first-order valence-electron chi connectivity index (χ1n) is 7.28. The summed E-state index contributed by atoms with van der Waals surface area (Å²) in [5.41, 5.74) is 0.0485. The van der Waals surface area contributed by atoms with Crippen LogP contribution in [0.3, 0.4) is 0 Å². The Bertz CT molecular complexity index is 625. The summed E-state index contributed by atoms with van der Waals surface area (Å²) in [6.07, 6.45) is 0.807. The molecule has 0 saturated carbocycles. The van der Waals surface area contributed by atoms with E-state index in [1.165, 1.54) is 18.2 Å². The maximum atomic E-state index is 13.8. The Labute approximate surface area is 127 Å². The molecule has 3 rings (SSSR count). The zero-order valence-corrected chi connectivity index (χ0v) is 12.1. The predicted molar refractivity (Wildman–Crippen MR) is 78.4 cm³/mol. The zero-order valence-electron chi connectivity index (χ0n) is 12.1. The summed E-state index contributed by atoms with van der Waals surface area (Å²) in [6.45, 7) is 1.56. The van der Waals surface area contributed by atoms with Crippen LogP contribution in [0, 0.1) is 11.6 Å². The zero-order chi connectivity index (χ0) is 15.5. The highest BCUT2D eigenvalue weighted by atomic mass is 19.1. The number of aliphatic hydroxyl groups is 1. The molecule has 22 heavy (non-hydrogen) atoms. The standard InChI is InChI=1S/C16H18F2N2O2/c17-14-2-1-3-15(18)16(14)20-7-6-11(9-20)19-8-12-4-5-13(10-21)22-12/h1-5,11,19,21H,6-10H2/t11-/m1/s1. The predicted octanol–water partition coefficient (Wildman–Crippen LogP) is 2.42. The quantitative estimate of drug-likeness (QED) is 0.890. The van der Waals surface area contributed by atoms with Crippen LogP contribution in [0.5, 0.6) is 0 Å². The Morgan fingerprint density at radius 2 is 1.91 bits per heavy atom. The van der Waals surface area contributed by atoms with Crippen LogP contribution in [-0.2, 0) is 13.2 Å². The van der Waals surface area contributed by atoms with Gasteiger partial charge in [-0.3, -0.25) is 0 Å². The van der Waals surface area contributed by atoms with E-state index in [1.54, 1.807) is 11.0 Å². The van der Waals surface area contributed by atoms with Crippen LogP contribution < -0.4 is 10.2 Å². The maximum Gasteiger partial charge on any atom is 0.149 e. The number of rotatable bonds is 5. The molecule has 0 spiro atoms. The van der Waals surface area contributed by atoms with Crippen LogP contribution in [0.15, 0.2) is 34.7 Å². The van der Waals surface area contributed by atoms with Crippen molar-refractivity contribution in [3.05, 3.63) is 53.5 Å². The number of hydrogen-bond acceptors (Lipinski definition) is 4. The molecule has 0 amide bonds. The van der Waals surface area contributed by atoms with E-state index in [9.17, 15) is 8.78 Å². The van der Waals surface area contributed by atoms with Crippen molar-refractivity contribution in [3.63, 3.8) is 0 Å². The molecule has 4 nitrogen and oxygen atoms in total. The topological polar surface area (TPSA) is 48.6 Å². The Morgan fingerprint density at radius 3 is 2.59 bits per heavy atom. The van der Waals surface area contributed by atoms with E-state index < -0.39 is 11.6 Å². The Morgan fingerprint density at radius 1 is 1.18 bits per heavy atom. The van der Waals surface area contributed by atoms with Gasteiger partial charge in [0.1, 0.15) is 35.4 Å². The van der Waals surface area contributed by atoms with Gasteiger partial charge in [-0.15, -0.1) is 0 Å². The van der Waals surface area contributed by atoms with Crippen LogP contribution in [-0.4, -0.2) is 24.2 Å². The van der Waals surface area contributed by atoms with Crippen molar-refractivity contribution in [3.8, 4) is 0 Å². The molecular weight excluding hydrogens is 290 g/mol. The molecule has 1 atom stereocenters. The van der Waals surface area contributed by atoms with Crippen LogP contribution in [0.2, 0.25) is 0 Å². The molecule has 1 aromatic carbocycles. The highest BCUT2D eigenvalue weighted by Crippen LogP contribution is 2.26. The molecule has 2 heterocycles. The van der Waals surface area contributed by atoms with E-state index in [0.29, 0.717) is 25.4 Å². The number of para-hydroxylation sites is 1. The SMILES string of the molecule is OCc1ccc(CN[C@@H]2CCN(c3c(F)cccc3F)C2)o1. The Kier molecular flexibility index (Phi) is 4.40. The number of anilines is 1. The van der Waals surface area contributed by atoms with Gasteiger partial charge in [0.2, 0.25) is 0 Å². The number of furan rings is 1. The summed E-state index contributed by atoms with van der Waals surface area (Å²) in [5.74, 6) is 0.205. The van der Waals surface area contributed by atoms with Gasteiger partial charge < -0.3 is 19.7 Å². The van der Waals surface area contributed by atoms with Gasteiger partial charge in [-0.2, -0.15) is 0 Å². The number of nitrogens with one attached hydrogen (secondary N) is 1. The summed E-state index contributed by atoms with van der Waals surface area (Å²) in [4.78, 5) is 1.73. The van der Waals surface area contributed by atoms with Crippen molar-refractivity contribution < 1.29 is 18.3 Å². The highest BCUT2D eigenvalue weighted by molar-refractivity contribution is 5.50. The van der Waals surface area contributed by atoms with Crippen molar-refractivity contribution in [1.29, 1.82) is 0 Å².